The van der Waals surface area contributed by atoms with Crippen molar-refractivity contribution >= 4 is 22.0 Å². The topological polar surface area (TPSA) is 110 Å². The number of carboxylic acid groups (broad SMARTS) is 1. The van der Waals surface area contributed by atoms with Crippen molar-refractivity contribution in [2.45, 2.75) is 46.1 Å². The van der Waals surface area contributed by atoms with Gasteiger partial charge in [-0.15, -0.1) is 0 Å². The van der Waals surface area contributed by atoms with E-state index in [-0.39, 0.29) is 18.6 Å². The fourth-order valence-corrected chi connectivity index (χ4v) is 3.00. The van der Waals surface area contributed by atoms with Crippen LogP contribution in [0.1, 0.15) is 40.5 Å². The van der Waals surface area contributed by atoms with Crippen LogP contribution in [-0.2, 0) is 24.3 Å². The Labute approximate surface area is 119 Å². The molecule has 0 amide bonds. The molecule has 0 aromatic carbocycles. The molecule has 0 spiro atoms. The molecule has 0 fully saturated rings. The van der Waals surface area contributed by atoms with Crippen molar-refractivity contribution in [1.29, 1.82) is 0 Å². The summed E-state index contributed by atoms with van der Waals surface area (Å²) in [5.41, 5.74) is -2.44. The molecule has 0 radical (unpaired) electrons. The van der Waals surface area contributed by atoms with Gasteiger partial charge in [-0.25, -0.2) is 13.1 Å². The lowest BCUT2D eigenvalue weighted by molar-refractivity contribution is -0.150. The Hall–Kier alpha value is -1.15. The van der Waals surface area contributed by atoms with Gasteiger partial charge in [0.2, 0.25) is 10.0 Å². The normalized spacial score (nSPS) is 13.1. The van der Waals surface area contributed by atoms with E-state index in [0.29, 0.717) is 0 Å². The highest BCUT2D eigenvalue weighted by atomic mass is 32.2. The van der Waals surface area contributed by atoms with E-state index in [9.17, 15) is 18.0 Å². The van der Waals surface area contributed by atoms with Crippen LogP contribution in [0.5, 0.6) is 0 Å². The van der Waals surface area contributed by atoms with E-state index in [2.05, 4.69) is 9.46 Å². The highest BCUT2D eigenvalue weighted by molar-refractivity contribution is 7.89. The number of ether oxygens (including phenoxy) is 1. The molecule has 0 heterocycles. The van der Waals surface area contributed by atoms with Crippen molar-refractivity contribution in [3.63, 3.8) is 0 Å². The molecule has 0 rings (SSSR count). The van der Waals surface area contributed by atoms with Crippen LogP contribution in [0.3, 0.4) is 0 Å². The van der Waals surface area contributed by atoms with Crippen molar-refractivity contribution in [3.05, 3.63) is 0 Å². The van der Waals surface area contributed by atoms with Crippen molar-refractivity contribution in [3.8, 4) is 0 Å². The minimum absolute atomic E-state index is 0.000161. The van der Waals surface area contributed by atoms with Crippen LogP contribution in [0, 0.1) is 5.41 Å². The third-order valence-electron chi connectivity index (χ3n) is 3.53. The van der Waals surface area contributed by atoms with Crippen LogP contribution in [0.4, 0.5) is 0 Å². The molecule has 0 saturated carbocycles. The van der Waals surface area contributed by atoms with Crippen molar-refractivity contribution in [2.24, 2.45) is 5.41 Å². The van der Waals surface area contributed by atoms with Crippen molar-refractivity contribution in [1.82, 2.24) is 4.72 Å². The zero-order valence-electron chi connectivity index (χ0n) is 12.5. The number of sulfonamides is 1. The number of nitrogens with one attached hydrogen (secondary N) is 1. The number of esters is 1. The molecule has 8 heteroatoms. The quantitative estimate of drug-likeness (QED) is 0.640. The summed E-state index contributed by atoms with van der Waals surface area (Å²) >= 11 is 0. The third-order valence-corrected chi connectivity index (χ3v) is 5.18. The van der Waals surface area contributed by atoms with Crippen LogP contribution in [0.25, 0.3) is 0 Å². The molecule has 0 aliphatic heterocycles. The van der Waals surface area contributed by atoms with Gasteiger partial charge in [-0.1, -0.05) is 0 Å². The lowest BCUT2D eigenvalue weighted by Gasteiger charge is -2.38. The molecule has 0 aromatic heterocycles. The van der Waals surface area contributed by atoms with E-state index >= 15 is 0 Å². The summed E-state index contributed by atoms with van der Waals surface area (Å²) < 4.78 is 30.7. The molecule has 0 aromatic rings. The average molecular weight is 309 g/mol. The Balaban J connectivity index is 4.76. The number of carboxylic acids is 1. The molecule has 0 atom stereocenters. The molecule has 0 aliphatic rings. The van der Waals surface area contributed by atoms with Crippen LogP contribution in [0.2, 0.25) is 0 Å². The average Bonchev–Trinajstić information content (AvgIpc) is 2.26. The third kappa shape index (κ3) is 5.09. The Bertz CT molecular complexity index is 466. The molecular formula is C12H23NO6S. The van der Waals surface area contributed by atoms with E-state index in [0.717, 1.165) is 0 Å². The van der Waals surface area contributed by atoms with E-state index in [1.165, 1.54) is 34.8 Å². The van der Waals surface area contributed by atoms with Gasteiger partial charge in [0.25, 0.3) is 0 Å². The number of hydrogen-bond acceptors (Lipinski definition) is 5. The highest BCUT2D eigenvalue weighted by Gasteiger charge is 2.45. The Morgan fingerprint density at radius 1 is 1.20 bits per heavy atom. The predicted octanol–water partition coefficient (Wildman–Crippen LogP) is 0.748. The monoisotopic (exact) mass is 309 g/mol. The van der Waals surface area contributed by atoms with E-state index in [4.69, 9.17) is 5.11 Å². The second-order valence-corrected chi connectivity index (χ2v) is 7.50. The molecular weight excluding hydrogens is 286 g/mol. The molecule has 20 heavy (non-hydrogen) atoms. The maximum absolute atomic E-state index is 11.9. The zero-order valence-corrected chi connectivity index (χ0v) is 13.3. The summed E-state index contributed by atoms with van der Waals surface area (Å²) in [4.78, 5) is 22.1. The molecule has 7 nitrogen and oxygen atoms in total. The SMILES string of the molecule is COC(=O)CCCS(=O)(=O)NC(C)(C)C(C)(C)C(=O)O. The smallest absolute Gasteiger partial charge is 0.310 e. The van der Waals surface area contributed by atoms with Gasteiger partial charge in [-0.2, -0.15) is 0 Å². The maximum Gasteiger partial charge on any atom is 0.310 e. The summed E-state index contributed by atoms with van der Waals surface area (Å²) in [5, 5.41) is 9.16. The van der Waals surface area contributed by atoms with Gasteiger partial charge in [0.15, 0.2) is 0 Å². The molecule has 0 saturated heterocycles. The second kappa shape index (κ2) is 6.53. The van der Waals surface area contributed by atoms with Gasteiger partial charge >= 0.3 is 11.9 Å². The molecule has 0 aliphatic carbocycles. The van der Waals surface area contributed by atoms with Gasteiger partial charge < -0.3 is 9.84 Å². The standard InChI is InChI=1S/C12H23NO6S/c1-11(2,10(15)16)12(3,4)13-20(17,18)8-6-7-9(14)19-5/h13H,6-8H2,1-5H3,(H,15,16). The minimum atomic E-state index is -3.68. The fraction of sp³-hybridized carbons (Fsp3) is 0.833. The van der Waals surface area contributed by atoms with Gasteiger partial charge in [0, 0.05) is 12.0 Å². The summed E-state index contributed by atoms with van der Waals surface area (Å²) in [5.74, 6) is -1.84. The maximum atomic E-state index is 11.9. The number of aliphatic carboxylic acids is 1. The first-order valence-corrected chi connectivity index (χ1v) is 7.83. The van der Waals surface area contributed by atoms with E-state index in [1.807, 2.05) is 0 Å². The van der Waals surface area contributed by atoms with Gasteiger partial charge in [-0.3, -0.25) is 9.59 Å². The summed E-state index contributed by atoms with van der Waals surface area (Å²) in [7, 11) is -2.45. The lowest BCUT2D eigenvalue weighted by Crippen LogP contribution is -2.57. The van der Waals surface area contributed by atoms with Gasteiger partial charge in [-0.05, 0) is 34.1 Å². The van der Waals surface area contributed by atoms with E-state index in [1.54, 1.807) is 0 Å². The minimum Gasteiger partial charge on any atom is -0.481 e. The molecule has 0 unspecified atom stereocenters. The van der Waals surface area contributed by atoms with Gasteiger partial charge in [0.1, 0.15) is 0 Å². The Morgan fingerprint density at radius 3 is 2.10 bits per heavy atom. The van der Waals surface area contributed by atoms with Crippen molar-refractivity contribution < 1.29 is 27.9 Å². The molecule has 0 bridgehead atoms. The second-order valence-electron chi connectivity index (χ2n) is 5.66. The first kappa shape index (κ1) is 18.9. The molecule has 118 valence electrons. The summed E-state index contributed by atoms with van der Waals surface area (Å²) in [6.07, 6.45) is 0.117. The van der Waals surface area contributed by atoms with Crippen LogP contribution in [0.15, 0.2) is 0 Å². The van der Waals surface area contributed by atoms with Crippen LogP contribution >= 0.6 is 0 Å². The lowest BCUT2D eigenvalue weighted by atomic mass is 9.75. The van der Waals surface area contributed by atoms with Gasteiger partial charge in [0.05, 0.1) is 18.3 Å². The zero-order chi connectivity index (χ0) is 16.2. The number of methoxy groups -OCH3 is 1. The number of carbonyl (C=O) groups is 2. The highest BCUT2D eigenvalue weighted by Crippen LogP contribution is 2.31. The Morgan fingerprint density at radius 2 is 1.70 bits per heavy atom. The number of rotatable bonds is 8. The Kier molecular flexibility index (Phi) is 6.16. The summed E-state index contributed by atoms with van der Waals surface area (Å²) in [6, 6.07) is 0. The van der Waals surface area contributed by atoms with E-state index < -0.39 is 32.9 Å². The van der Waals surface area contributed by atoms with Crippen molar-refractivity contribution in [2.75, 3.05) is 12.9 Å². The first-order valence-electron chi connectivity index (χ1n) is 6.17. The number of hydrogen-bond donors (Lipinski definition) is 2. The molecule has 2 N–H and O–H groups in total. The predicted molar refractivity (Wildman–Crippen MR) is 73.7 cm³/mol. The summed E-state index contributed by atoms with van der Waals surface area (Å²) in [6.45, 7) is 5.93. The first-order chi connectivity index (χ1) is 8.85. The number of carbonyl (C=O) groups excluding carboxylic acids is 1. The van der Waals surface area contributed by atoms with Crippen LogP contribution in [-0.4, -0.2) is 43.9 Å². The largest absolute Gasteiger partial charge is 0.481 e. The fourth-order valence-electron chi connectivity index (χ4n) is 1.34. The van der Waals surface area contributed by atoms with Crippen LogP contribution < -0.4 is 4.72 Å².